The van der Waals surface area contributed by atoms with Gasteiger partial charge in [-0.2, -0.15) is 0 Å². The maximum absolute atomic E-state index is 12.5. The minimum absolute atomic E-state index is 0. The molecule has 1 aliphatic carbocycles. The summed E-state index contributed by atoms with van der Waals surface area (Å²) in [6, 6.07) is 0. The van der Waals surface area contributed by atoms with Crippen LogP contribution < -0.4 is 10.6 Å². The van der Waals surface area contributed by atoms with Gasteiger partial charge in [0.25, 0.3) is 0 Å². The first-order chi connectivity index (χ1) is 10.3. The molecule has 0 aromatic rings. The second kappa shape index (κ2) is 11.1. The summed E-state index contributed by atoms with van der Waals surface area (Å²) < 4.78 is 0. The zero-order valence-corrected chi connectivity index (χ0v) is 14.9. The topological polar surface area (TPSA) is 41.1 Å². The summed E-state index contributed by atoms with van der Waals surface area (Å²) in [5.41, 5.74) is 1.38. The van der Waals surface area contributed by atoms with Crippen molar-refractivity contribution in [2.24, 2.45) is 11.8 Å². The molecule has 1 unspecified atom stereocenters. The lowest BCUT2D eigenvalue weighted by Crippen LogP contribution is -2.35. The maximum Gasteiger partial charge on any atom is 0.223 e. The van der Waals surface area contributed by atoms with Crippen molar-refractivity contribution in [2.45, 2.75) is 64.7 Å². The fraction of sp³-hybridized carbons (Fsp3) is 0.833. The molecule has 2 N–H and O–H groups in total. The van der Waals surface area contributed by atoms with Gasteiger partial charge in [-0.05, 0) is 31.7 Å². The van der Waals surface area contributed by atoms with E-state index in [1.807, 2.05) is 0 Å². The van der Waals surface area contributed by atoms with E-state index in [0.717, 1.165) is 51.2 Å². The van der Waals surface area contributed by atoms with Gasteiger partial charge in [0.1, 0.15) is 0 Å². The van der Waals surface area contributed by atoms with Gasteiger partial charge in [-0.3, -0.25) is 4.79 Å². The van der Waals surface area contributed by atoms with Gasteiger partial charge in [-0.15, -0.1) is 12.4 Å². The molecule has 2 rings (SSSR count). The second-order valence-corrected chi connectivity index (χ2v) is 6.76. The fourth-order valence-corrected chi connectivity index (χ4v) is 3.70. The monoisotopic (exact) mass is 328 g/mol. The van der Waals surface area contributed by atoms with E-state index in [0.29, 0.717) is 5.91 Å². The molecular formula is C18H33ClN2O. The van der Waals surface area contributed by atoms with Crippen molar-refractivity contribution in [2.75, 3.05) is 19.6 Å². The Labute approximate surface area is 142 Å². The van der Waals surface area contributed by atoms with Gasteiger partial charge >= 0.3 is 0 Å². The molecule has 128 valence electrons. The van der Waals surface area contributed by atoms with Gasteiger partial charge in [0.05, 0.1) is 0 Å². The molecule has 1 aliphatic heterocycles. The largest absolute Gasteiger partial charge is 0.352 e. The average Bonchev–Trinajstić information content (AvgIpc) is 2.54. The number of halogens is 1. The summed E-state index contributed by atoms with van der Waals surface area (Å²) in [7, 11) is 0. The lowest BCUT2D eigenvalue weighted by molar-refractivity contribution is -0.125. The molecule has 1 atom stereocenters. The van der Waals surface area contributed by atoms with E-state index in [4.69, 9.17) is 0 Å². The molecule has 3 nitrogen and oxygen atoms in total. The Morgan fingerprint density at radius 3 is 2.77 bits per heavy atom. The van der Waals surface area contributed by atoms with Crippen LogP contribution >= 0.6 is 12.4 Å². The third kappa shape index (κ3) is 6.70. The molecule has 22 heavy (non-hydrogen) atoms. The van der Waals surface area contributed by atoms with E-state index in [-0.39, 0.29) is 18.3 Å². The van der Waals surface area contributed by atoms with E-state index in [1.54, 1.807) is 0 Å². The summed E-state index contributed by atoms with van der Waals surface area (Å²) in [5, 5.41) is 6.50. The first-order valence-electron chi connectivity index (χ1n) is 8.96. The number of carbonyl (C=O) groups is 1. The Morgan fingerprint density at radius 1 is 1.36 bits per heavy atom. The van der Waals surface area contributed by atoms with Gasteiger partial charge in [0, 0.05) is 19.0 Å². The highest BCUT2D eigenvalue weighted by molar-refractivity contribution is 5.85. The summed E-state index contributed by atoms with van der Waals surface area (Å²) in [6.07, 6.45) is 13.4. The highest BCUT2D eigenvalue weighted by atomic mass is 35.5. The van der Waals surface area contributed by atoms with Gasteiger partial charge in [-0.25, -0.2) is 0 Å². The average molecular weight is 329 g/mol. The first-order valence-corrected chi connectivity index (χ1v) is 8.96. The number of amides is 1. The fourth-order valence-electron chi connectivity index (χ4n) is 3.70. The van der Waals surface area contributed by atoms with Gasteiger partial charge in [0.2, 0.25) is 5.91 Å². The number of carbonyl (C=O) groups excluding carboxylic acids is 1. The predicted octanol–water partition coefficient (Wildman–Crippen LogP) is 3.83. The Kier molecular flexibility index (Phi) is 9.81. The molecule has 2 aliphatic rings. The van der Waals surface area contributed by atoms with Gasteiger partial charge < -0.3 is 10.6 Å². The SMILES string of the molecule is CCCC(CC1CCCCC1)C(=O)NCC1=CCNCC1.Cl. The molecule has 1 heterocycles. The van der Waals surface area contributed by atoms with Gasteiger partial charge in [-0.1, -0.05) is 57.1 Å². The van der Waals surface area contributed by atoms with Crippen molar-refractivity contribution in [1.29, 1.82) is 0 Å². The van der Waals surface area contributed by atoms with Crippen LogP contribution in [0.5, 0.6) is 0 Å². The van der Waals surface area contributed by atoms with E-state index < -0.39 is 0 Å². The second-order valence-electron chi connectivity index (χ2n) is 6.76. The molecule has 0 bridgehead atoms. The maximum atomic E-state index is 12.5. The molecule has 0 radical (unpaired) electrons. The minimum Gasteiger partial charge on any atom is -0.352 e. The van der Waals surface area contributed by atoms with Crippen LogP contribution in [0.1, 0.15) is 64.7 Å². The summed E-state index contributed by atoms with van der Waals surface area (Å²) >= 11 is 0. The van der Waals surface area contributed by atoms with Crippen LogP contribution in [-0.4, -0.2) is 25.5 Å². The molecule has 1 saturated carbocycles. The number of rotatable bonds is 7. The smallest absolute Gasteiger partial charge is 0.223 e. The van der Waals surface area contributed by atoms with E-state index in [9.17, 15) is 4.79 Å². The number of hydrogen-bond acceptors (Lipinski definition) is 2. The van der Waals surface area contributed by atoms with Crippen LogP contribution in [0.4, 0.5) is 0 Å². The Morgan fingerprint density at radius 2 is 2.14 bits per heavy atom. The Bertz CT molecular complexity index is 351. The van der Waals surface area contributed by atoms with Crippen LogP contribution in [0.2, 0.25) is 0 Å². The van der Waals surface area contributed by atoms with E-state index in [1.165, 1.54) is 37.7 Å². The highest BCUT2D eigenvalue weighted by Gasteiger charge is 2.23. The predicted molar refractivity (Wildman–Crippen MR) is 95.4 cm³/mol. The van der Waals surface area contributed by atoms with Crippen LogP contribution in [0.3, 0.4) is 0 Å². The molecule has 0 saturated heterocycles. The number of hydrogen-bond donors (Lipinski definition) is 2. The normalized spacial score (nSPS) is 20.7. The van der Waals surface area contributed by atoms with Crippen molar-refractivity contribution in [3.63, 3.8) is 0 Å². The molecule has 0 aromatic heterocycles. The van der Waals surface area contributed by atoms with Crippen LogP contribution in [0.25, 0.3) is 0 Å². The van der Waals surface area contributed by atoms with Crippen LogP contribution in [0.15, 0.2) is 11.6 Å². The molecule has 1 amide bonds. The van der Waals surface area contributed by atoms with Crippen molar-refractivity contribution in [3.05, 3.63) is 11.6 Å². The quantitative estimate of drug-likeness (QED) is 0.697. The van der Waals surface area contributed by atoms with E-state index >= 15 is 0 Å². The van der Waals surface area contributed by atoms with Crippen LogP contribution in [0, 0.1) is 11.8 Å². The van der Waals surface area contributed by atoms with Crippen molar-refractivity contribution < 1.29 is 4.79 Å². The molecular weight excluding hydrogens is 296 g/mol. The van der Waals surface area contributed by atoms with Crippen molar-refractivity contribution in [3.8, 4) is 0 Å². The summed E-state index contributed by atoms with van der Waals surface area (Å²) in [6.45, 7) is 4.94. The summed E-state index contributed by atoms with van der Waals surface area (Å²) in [5.74, 6) is 1.32. The Hall–Kier alpha value is -0.540. The van der Waals surface area contributed by atoms with E-state index in [2.05, 4.69) is 23.6 Å². The van der Waals surface area contributed by atoms with Gasteiger partial charge in [0.15, 0.2) is 0 Å². The molecule has 0 spiro atoms. The molecule has 4 heteroatoms. The van der Waals surface area contributed by atoms with Crippen molar-refractivity contribution in [1.82, 2.24) is 10.6 Å². The molecule has 1 fully saturated rings. The third-order valence-electron chi connectivity index (χ3n) is 5.00. The highest BCUT2D eigenvalue weighted by Crippen LogP contribution is 2.30. The Balaban J connectivity index is 0.00000242. The molecule has 0 aromatic carbocycles. The van der Waals surface area contributed by atoms with Crippen molar-refractivity contribution >= 4 is 18.3 Å². The third-order valence-corrected chi connectivity index (χ3v) is 5.00. The van der Waals surface area contributed by atoms with Crippen LogP contribution in [-0.2, 0) is 4.79 Å². The summed E-state index contributed by atoms with van der Waals surface area (Å²) in [4.78, 5) is 12.5. The first kappa shape index (κ1) is 19.5. The zero-order valence-electron chi connectivity index (χ0n) is 14.0. The minimum atomic E-state index is 0. The lowest BCUT2D eigenvalue weighted by Gasteiger charge is -2.26. The number of nitrogens with one attached hydrogen (secondary N) is 2. The standard InChI is InChI=1S/C18H32N2O.ClH/c1-2-6-17(13-15-7-4-3-5-8-15)18(21)20-14-16-9-11-19-12-10-16;/h9,15,17,19H,2-8,10-14H2,1H3,(H,20,21);1H. The lowest BCUT2D eigenvalue weighted by atomic mass is 9.81. The zero-order chi connectivity index (χ0) is 14.9.